The summed E-state index contributed by atoms with van der Waals surface area (Å²) in [7, 11) is 2.70. The lowest BCUT2D eigenvalue weighted by molar-refractivity contribution is -0.143. The zero-order valence-electron chi connectivity index (χ0n) is 14.5. The Kier molecular flexibility index (Phi) is 6.60. The molecule has 0 bridgehead atoms. The minimum Gasteiger partial charge on any atom is -0.493 e. The van der Waals surface area contributed by atoms with Gasteiger partial charge in [0.1, 0.15) is 5.54 Å². The first-order valence-electron chi connectivity index (χ1n) is 7.41. The number of carbonyl (C=O) groups excluding carboxylic acids is 2. The molecule has 138 valence electrons. The summed E-state index contributed by atoms with van der Waals surface area (Å²) in [6, 6.07) is 2.71. The van der Waals surface area contributed by atoms with E-state index in [0.717, 1.165) is 0 Å². The molecule has 1 rings (SSSR count). The van der Waals surface area contributed by atoms with E-state index in [0.29, 0.717) is 0 Å². The van der Waals surface area contributed by atoms with E-state index >= 15 is 0 Å². The van der Waals surface area contributed by atoms with Crippen molar-refractivity contribution in [1.82, 2.24) is 5.32 Å². The third kappa shape index (κ3) is 4.75. The molecule has 0 aliphatic heterocycles. The van der Waals surface area contributed by atoms with E-state index in [1.807, 2.05) is 0 Å². The number of benzene rings is 1. The van der Waals surface area contributed by atoms with Crippen LogP contribution in [0.25, 0.3) is 0 Å². The maximum absolute atomic E-state index is 12.4. The lowest BCUT2D eigenvalue weighted by Crippen LogP contribution is -2.51. The number of hydrogen-bond donors (Lipinski definition) is 3. The van der Waals surface area contributed by atoms with Crippen molar-refractivity contribution in [3.05, 3.63) is 17.7 Å². The van der Waals surface area contributed by atoms with Crippen molar-refractivity contribution >= 4 is 17.8 Å². The topological polar surface area (TPSA) is 137 Å². The zero-order valence-corrected chi connectivity index (χ0v) is 14.5. The highest BCUT2D eigenvalue weighted by atomic mass is 16.5. The van der Waals surface area contributed by atoms with Crippen LogP contribution in [0, 0.1) is 0 Å². The Labute approximate surface area is 145 Å². The van der Waals surface area contributed by atoms with Crippen LogP contribution in [0.15, 0.2) is 12.1 Å². The van der Waals surface area contributed by atoms with Gasteiger partial charge >= 0.3 is 5.97 Å². The van der Waals surface area contributed by atoms with Crippen LogP contribution in [0.2, 0.25) is 0 Å². The molecule has 4 N–H and O–H groups in total. The molecular weight excluding hydrogens is 332 g/mol. The van der Waals surface area contributed by atoms with Crippen LogP contribution < -0.4 is 25.3 Å². The average molecular weight is 354 g/mol. The van der Waals surface area contributed by atoms with E-state index < -0.39 is 29.9 Å². The van der Waals surface area contributed by atoms with Gasteiger partial charge in [-0.1, -0.05) is 6.92 Å². The molecule has 0 aliphatic carbocycles. The number of methoxy groups -OCH3 is 2. The molecule has 1 unspecified atom stereocenters. The lowest BCUT2D eigenvalue weighted by Gasteiger charge is -2.25. The number of rotatable bonds is 9. The molecule has 0 aromatic heterocycles. The van der Waals surface area contributed by atoms with Crippen LogP contribution in [0.5, 0.6) is 17.2 Å². The van der Waals surface area contributed by atoms with Gasteiger partial charge in [0.25, 0.3) is 11.8 Å². The van der Waals surface area contributed by atoms with Crippen molar-refractivity contribution in [3.63, 3.8) is 0 Å². The second-order valence-corrected chi connectivity index (χ2v) is 5.41. The van der Waals surface area contributed by atoms with E-state index in [-0.39, 0.29) is 29.2 Å². The van der Waals surface area contributed by atoms with Gasteiger partial charge in [-0.2, -0.15) is 0 Å². The first-order chi connectivity index (χ1) is 11.7. The Bertz CT molecular complexity index is 649. The molecule has 2 amide bonds. The predicted octanol–water partition coefficient (Wildman–Crippen LogP) is 0.551. The lowest BCUT2D eigenvalue weighted by atomic mass is 9.98. The Morgan fingerprint density at radius 3 is 2.08 bits per heavy atom. The van der Waals surface area contributed by atoms with Gasteiger partial charge in [-0.3, -0.25) is 9.59 Å². The van der Waals surface area contributed by atoms with Crippen LogP contribution in [0.4, 0.5) is 0 Å². The Hall–Kier alpha value is -2.97. The largest absolute Gasteiger partial charge is 0.493 e. The van der Waals surface area contributed by atoms with Gasteiger partial charge < -0.3 is 30.4 Å². The number of ether oxygens (including phenoxy) is 3. The van der Waals surface area contributed by atoms with Crippen LogP contribution in [0.3, 0.4) is 0 Å². The molecule has 0 heterocycles. The summed E-state index contributed by atoms with van der Waals surface area (Å²) in [6.45, 7) is 2.66. The van der Waals surface area contributed by atoms with Crippen LogP contribution in [0.1, 0.15) is 30.6 Å². The summed E-state index contributed by atoms with van der Waals surface area (Å²) < 4.78 is 15.6. The van der Waals surface area contributed by atoms with Crippen LogP contribution in [-0.2, 0) is 9.59 Å². The second kappa shape index (κ2) is 8.22. The van der Waals surface area contributed by atoms with Crippen molar-refractivity contribution in [2.24, 2.45) is 5.73 Å². The summed E-state index contributed by atoms with van der Waals surface area (Å²) in [4.78, 5) is 34.7. The minimum absolute atomic E-state index is 0.108. The first-order valence-corrected chi connectivity index (χ1v) is 7.41. The van der Waals surface area contributed by atoms with E-state index in [1.165, 1.54) is 33.3 Å². The molecule has 9 heteroatoms. The third-order valence-electron chi connectivity index (χ3n) is 3.65. The van der Waals surface area contributed by atoms with Gasteiger partial charge in [0.15, 0.2) is 18.1 Å². The minimum atomic E-state index is -1.42. The number of amides is 2. The maximum Gasteiger partial charge on any atom is 0.329 e. The van der Waals surface area contributed by atoms with Crippen molar-refractivity contribution in [3.8, 4) is 17.2 Å². The molecule has 25 heavy (non-hydrogen) atoms. The molecule has 0 fully saturated rings. The Morgan fingerprint density at radius 1 is 1.20 bits per heavy atom. The number of carboxylic acids is 1. The number of carbonyl (C=O) groups is 3. The average Bonchev–Trinajstić information content (AvgIpc) is 2.58. The fourth-order valence-electron chi connectivity index (χ4n) is 1.91. The molecule has 1 aromatic carbocycles. The van der Waals surface area contributed by atoms with E-state index in [2.05, 4.69) is 5.32 Å². The number of nitrogens with two attached hydrogens (primary N) is 1. The Morgan fingerprint density at radius 2 is 1.72 bits per heavy atom. The van der Waals surface area contributed by atoms with Gasteiger partial charge in [-0.05, 0) is 25.5 Å². The number of carboxylic acid groups (broad SMARTS) is 1. The number of nitrogens with one attached hydrogen (secondary N) is 1. The van der Waals surface area contributed by atoms with Crippen LogP contribution in [-0.4, -0.2) is 49.3 Å². The number of primary amides is 1. The maximum atomic E-state index is 12.4. The van der Waals surface area contributed by atoms with Crippen molar-refractivity contribution < 1.29 is 33.7 Å². The molecule has 9 nitrogen and oxygen atoms in total. The molecule has 0 spiro atoms. The van der Waals surface area contributed by atoms with Crippen molar-refractivity contribution in [1.29, 1.82) is 0 Å². The zero-order chi connectivity index (χ0) is 19.2. The first kappa shape index (κ1) is 20.1. The Balaban J connectivity index is 3.22. The normalized spacial score (nSPS) is 12.6. The molecule has 0 radical (unpaired) electrons. The molecule has 0 saturated heterocycles. The molecule has 0 saturated carbocycles. The molecule has 0 aliphatic rings. The monoisotopic (exact) mass is 354 g/mol. The van der Waals surface area contributed by atoms with Gasteiger partial charge in [-0.25, -0.2) is 4.79 Å². The summed E-state index contributed by atoms with van der Waals surface area (Å²) in [5.74, 6) is -2.07. The summed E-state index contributed by atoms with van der Waals surface area (Å²) in [5, 5.41) is 11.7. The fraction of sp³-hybridized carbons (Fsp3) is 0.438. The van der Waals surface area contributed by atoms with Gasteiger partial charge in [0, 0.05) is 5.56 Å². The van der Waals surface area contributed by atoms with Gasteiger partial charge in [0.05, 0.1) is 14.2 Å². The third-order valence-corrected chi connectivity index (χ3v) is 3.65. The standard InChI is InChI=1S/C16H22N2O7/c1-5-16(2,15(21)22)18-14(20)9-6-10(23-3)13(11(7-9)24-4)25-8-12(17)19/h6-7H,5,8H2,1-4H3,(H2,17,19)(H,18,20)(H,21,22). The molecule has 1 atom stereocenters. The fourth-order valence-corrected chi connectivity index (χ4v) is 1.91. The van der Waals surface area contributed by atoms with Crippen molar-refractivity contribution in [2.75, 3.05) is 20.8 Å². The summed E-state index contributed by atoms with van der Waals surface area (Å²) in [6.07, 6.45) is 0.197. The SMILES string of the molecule is CCC(C)(NC(=O)c1cc(OC)c(OCC(N)=O)c(OC)c1)C(=O)O. The molecular formula is C16H22N2O7. The summed E-state index contributed by atoms with van der Waals surface area (Å²) >= 11 is 0. The summed E-state index contributed by atoms with van der Waals surface area (Å²) in [5.41, 5.74) is 3.74. The molecule has 1 aromatic rings. The highest BCUT2D eigenvalue weighted by molar-refractivity contribution is 5.98. The highest BCUT2D eigenvalue weighted by Gasteiger charge is 2.33. The van der Waals surface area contributed by atoms with E-state index in [4.69, 9.17) is 19.9 Å². The second-order valence-electron chi connectivity index (χ2n) is 5.41. The van der Waals surface area contributed by atoms with E-state index in [1.54, 1.807) is 6.92 Å². The highest BCUT2D eigenvalue weighted by Crippen LogP contribution is 2.38. The van der Waals surface area contributed by atoms with Gasteiger partial charge in [-0.15, -0.1) is 0 Å². The van der Waals surface area contributed by atoms with Crippen LogP contribution >= 0.6 is 0 Å². The van der Waals surface area contributed by atoms with Gasteiger partial charge in [0.2, 0.25) is 5.75 Å². The van der Waals surface area contributed by atoms with Crippen molar-refractivity contribution in [2.45, 2.75) is 25.8 Å². The number of aliphatic carboxylic acids is 1. The van der Waals surface area contributed by atoms with E-state index in [9.17, 15) is 19.5 Å². The predicted molar refractivity (Wildman–Crippen MR) is 88.0 cm³/mol. The smallest absolute Gasteiger partial charge is 0.329 e. The number of hydrogen-bond acceptors (Lipinski definition) is 6. The quantitative estimate of drug-likeness (QED) is 0.589.